The van der Waals surface area contributed by atoms with Gasteiger partial charge < -0.3 is 14.5 Å². The standard InChI is InChI=1S/C44H42F5N11O3/c1-4-38(28(2)63-26-29-8-6-5-7-9-29)59-42(62)58(27-52-59)40-37(47)23-34(25-51-40)57-20-18-56(19-21-57)33-14-10-30(11-15-33)31-12-17-39(50-24-31)44(48,49)43(3,60-41(61)53-54-55-60)35-16-13-32(45)22-36(35)46/h5-17,22-25,27-28,38H,4,18-21,26H2,1-3H3,(H,53,55,61)/t28-,38-,43+/m0/s1. The second-order valence-corrected chi connectivity index (χ2v) is 15.3. The molecule has 1 saturated heterocycles. The Morgan fingerprint density at radius 1 is 0.810 bits per heavy atom. The summed E-state index contributed by atoms with van der Waals surface area (Å²) in [6.45, 7) is 7.41. The van der Waals surface area contributed by atoms with E-state index in [1.54, 1.807) is 6.20 Å². The first-order valence-electron chi connectivity index (χ1n) is 20.2. The van der Waals surface area contributed by atoms with E-state index >= 15 is 17.6 Å². The van der Waals surface area contributed by atoms with Crippen LogP contribution >= 0.6 is 0 Å². The van der Waals surface area contributed by atoms with E-state index in [9.17, 15) is 14.0 Å². The highest BCUT2D eigenvalue weighted by Crippen LogP contribution is 2.47. The molecule has 63 heavy (non-hydrogen) atoms. The van der Waals surface area contributed by atoms with Crippen molar-refractivity contribution in [2.45, 2.75) is 57.4 Å². The minimum Gasteiger partial charge on any atom is -0.372 e. The lowest BCUT2D eigenvalue weighted by Gasteiger charge is -2.37. The first-order valence-corrected chi connectivity index (χ1v) is 20.2. The lowest BCUT2D eigenvalue weighted by Crippen LogP contribution is -2.52. The summed E-state index contributed by atoms with van der Waals surface area (Å²) in [5, 5.41) is 13.0. The van der Waals surface area contributed by atoms with E-state index in [4.69, 9.17) is 4.74 Å². The van der Waals surface area contributed by atoms with Gasteiger partial charge in [-0.1, -0.05) is 61.5 Å². The highest BCUT2D eigenvalue weighted by atomic mass is 19.3. The van der Waals surface area contributed by atoms with Crippen LogP contribution in [-0.2, 0) is 22.8 Å². The van der Waals surface area contributed by atoms with Crippen LogP contribution in [0.25, 0.3) is 16.9 Å². The fraction of sp³-hybridized carbons (Fsp3) is 0.295. The molecule has 0 radical (unpaired) electrons. The van der Waals surface area contributed by atoms with Gasteiger partial charge in [-0.05, 0) is 66.1 Å². The van der Waals surface area contributed by atoms with E-state index in [0.717, 1.165) is 40.9 Å². The van der Waals surface area contributed by atoms with Gasteiger partial charge in [0.1, 0.15) is 23.7 Å². The Balaban J connectivity index is 0.909. The van der Waals surface area contributed by atoms with E-state index in [-0.39, 0.29) is 18.0 Å². The molecule has 1 aliphatic rings. The van der Waals surface area contributed by atoms with Crippen LogP contribution in [0.5, 0.6) is 0 Å². The molecule has 0 amide bonds. The van der Waals surface area contributed by atoms with Crippen molar-refractivity contribution in [3.8, 4) is 16.9 Å². The van der Waals surface area contributed by atoms with Crippen LogP contribution in [0.4, 0.5) is 33.3 Å². The molecule has 0 bridgehead atoms. The molecule has 5 heterocycles. The van der Waals surface area contributed by atoms with Gasteiger partial charge in [0.25, 0.3) is 0 Å². The summed E-state index contributed by atoms with van der Waals surface area (Å²) in [4.78, 5) is 38.5. The molecule has 3 aromatic carbocycles. The Morgan fingerprint density at radius 2 is 1.51 bits per heavy atom. The third-order valence-corrected chi connectivity index (χ3v) is 11.6. The first kappa shape index (κ1) is 42.7. The molecular formula is C44H42F5N11O3. The lowest BCUT2D eigenvalue weighted by molar-refractivity contribution is -0.104. The number of aromatic amines is 1. The average Bonchev–Trinajstić information content (AvgIpc) is 3.90. The van der Waals surface area contributed by atoms with Crippen molar-refractivity contribution < 1.29 is 26.7 Å². The summed E-state index contributed by atoms with van der Waals surface area (Å²) in [6, 6.07) is 22.8. The maximum absolute atomic E-state index is 16.5. The van der Waals surface area contributed by atoms with Gasteiger partial charge in [-0.3, -0.25) is 4.98 Å². The number of benzene rings is 3. The Morgan fingerprint density at radius 3 is 2.13 bits per heavy atom. The second kappa shape index (κ2) is 17.4. The van der Waals surface area contributed by atoms with Gasteiger partial charge >= 0.3 is 17.3 Å². The lowest BCUT2D eigenvalue weighted by atomic mass is 9.83. The van der Waals surface area contributed by atoms with E-state index < -0.39 is 51.5 Å². The topological polar surface area (TPSA) is 145 Å². The van der Waals surface area contributed by atoms with Crippen LogP contribution in [0.2, 0.25) is 0 Å². The van der Waals surface area contributed by atoms with Crippen molar-refractivity contribution in [3.63, 3.8) is 0 Å². The van der Waals surface area contributed by atoms with Crippen LogP contribution in [-0.4, -0.2) is 76.8 Å². The number of alkyl halides is 2. The quantitative estimate of drug-likeness (QED) is 0.118. The molecule has 14 nitrogen and oxygen atoms in total. The number of piperazine rings is 1. The second-order valence-electron chi connectivity index (χ2n) is 15.3. The van der Waals surface area contributed by atoms with E-state index in [1.807, 2.05) is 78.4 Å². The molecule has 7 aromatic rings. The minimum atomic E-state index is -4.04. The molecule has 1 fully saturated rings. The molecule has 1 aliphatic heterocycles. The number of nitrogens with zero attached hydrogens (tertiary/aromatic N) is 10. The van der Waals surface area contributed by atoms with Gasteiger partial charge in [0, 0.05) is 61.3 Å². The normalized spacial score (nSPS) is 15.3. The Labute approximate surface area is 357 Å². The number of ether oxygens (including phenoxy) is 1. The number of rotatable bonds is 14. The van der Waals surface area contributed by atoms with Crippen LogP contribution in [0.1, 0.15) is 50.1 Å². The number of aromatic nitrogens is 9. The molecule has 19 heteroatoms. The monoisotopic (exact) mass is 867 g/mol. The zero-order valence-corrected chi connectivity index (χ0v) is 34.4. The molecule has 0 aliphatic carbocycles. The zero-order chi connectivity index (χ0) is 44.5. The number of anilines is 2. The van der Waals surface area contributed by atoms with Gasteiger partial charge in [0.15, 0.2) is 17.2 Å². The van der Waals surface area contributed by atoms with E-state index in [2.05, 4.69) is 30.4 Å². The van der Waals surface area contributed by atoms with Crippen molar-refractivity contribution in [2.75, 3.05) is 36.0 Å². The Kier molecular flexibility index (Phi) is 11.8. The molecule has 8 rings (SSSR count). The number of H-pyrrole nitrogens is 1. The molecule has 326 valence electrons. The van der Waals surface area contributed by atoms with Gasteiger partial charge in [-0.15, -0.1) is 0 Å². The first-order chi connectivity index (χ1) is 30.3. The molecule has 4 aromatic heterocycles. The van der Waals surface area contributed by atoms with Gasteiger partial charge in [0.05, 0.1) is 30.6 Å². The van der Waals surface area contributed by atoms with Gasteiger partial charge in [0.2, 0.25) is 0 Å². The smallest absolute Gasteiger partial charge is 0.362 e. The molecule has 1 N–H and O–H groups in total. The predicted molar refractivity (Wildman–Crippen MR) is 223 cm³/mol. The highest BCUT2D eigenvalue weighted by molar-refractivity contribution is 5.66. The third kappa shape index (κ3) is 8.11. The molecule has 3 atom stereocenters. The predicted octanol–water partition coefficient (Wildman–Crippen LogP) is 6.63. The fourth-order valence-corrected chi connectivity index (χ4v) is 7.95. The molecule has 0 unspecified atom stereocenters. The van der Waals surface area contributed by atoms with Crippen molar-refractivity contribution >= 4 is 11.4 Å². The maximum atomic E-state index is 16.5. The zero-order valence-electron chi connectivity index (χ0n) is 34.4. The SMILES string of the molecule is CC[C@@H]([C@H](C)OCc1ccccc1)n1ncn(-c2ncc(N3CCN(c4ccc(-c5ccc(C(F)(F)[C@@](C)(c6ccc(F)cc6F)n6nn[nH]c6=O)nc5)cc4)CC3)cc2F)c1=O. The molecule has 0 saturated carbocycles. The van der Waals surface area contributed by atoms with Crippen LogP contribution < -0.4 is 21.2 Å². The number of hydrogen-bond acceptors (Lipinski definition) is 10. The van der Waals surface area contributed by atoms with Crippen LogP contribution in [0, 0.1) is 17.5 Å². The van der Waals surface area contributed by atoms with Crippen LogP contribution in [0.15, 0.2) is 119 Å². The number of hydrogen-bond donors (Lipinski definition) is 1. The summed E-state index contributed by atoms with van der Waals surface area (Å²) >= 11 is 0. The van der Waals surface area contributed by atoms with Crippen molar-refractivity contribution in [2.24, 2.45) is 0 Å². The third-order valence-electron chi connectivity index (χ3n) is 11.6. The summed E-state index contributed by atoms with van der Waals surface area (Å²) in [5.74, 6) is -7.15. The summed E-state index contributed by atoms with van der Waals surface area (Å²) in [6.07, 6.45) is 4.29. The Bertz CT molecular complexity index is 2810. The van der Waals surface area contributed by atoms with Gasteiger partial charge in [-0.2, -0.15) is 18.6 Å². The number of tetrazole rings is 1. The number of halogens is 5. The number of nitrogens with one attached hydrogen (secondary N) is 1. The van der Waals surface area contributed by atoms with Crippen molar-refractivity contribution in [1.82, 2.24) is 44.5 Å². The van der Waals surface area contributed by atoms with E-state index in [0.29, 0.717) is 66.8 Å². The fourth-order valence-electron chi connectivity index (χ4n) is 7.95. The number of pyridine rings is 2. The van der Waals surface area contributed by atoms with Crippen molar-refractivity contribution in [3.05, 3.63) is 165 Å². The highest BCUT2D eigenvalue weighted by Gasteiger charge is 2.58. The molecule has 0 spiro atoms. The summed E-state index contributed by atoms with van der Waals surface area (Å²) < 4.78 is 86.2. The summed E-state index contributed by atoms with van der Waals surface area (Å²) in [7, 11) is 0. The minimum absolute atomic E-state index is 0.151. The largest absolute Gasteiger partial charge is 0.372 e. The maximum Gasteiger partial charge on any atom is 0.362 e. The summed E-state index contributed by atoms with van der Waals surface area (Å²) in [5.41, 5.74) is -2.23. The Hall–Kier alpha value is -7.02. The van der Waals surface area contributed by atoms with Gasteiger partial charge in [-0.25, -0.2) is 42.1 Å². The van der Waals surface area contributed by atoms with E-state index in [1.165, 1.54) is 29.3 Å². The van der Waals surface area contributed by atoms with Crippen molar-refractivity contribution in [1.29, 1.82) is 0 Å². The molecular weight excluding hydrogens is 826 g/mol. The average molecular weight is 868 g/mol. The van der Waals surface area contributed by atoms with Crippen LogP contribution in [0.3, 0.4) is 0 Å².